The number of rotatable bonds is 5. The number of hydrogen-bond donors (Lipinski definition) is 1. The van der Waals surface area contributed by atoms with Crippen LogP contribution in [0, 0.1) is 17.8 Å². The van der Waals surface area contributed by atoms with Crippen LogP contribution in [0.5, 0.6) is 0 Å². The van der Waals surface area contributed by atoms with E-state index in [9.17, 15) is 4.79 Å². The van der Waals surface area contributed by atoms with Gasteiger partial charge >= 0.3 is 0 Å². The van der Waals surface area contributed by atoms with Crippen molar-refractivity contribution in [3.05, 3.63) is 0 Å². The van der Waals surface area contributed by atoms with Crippen molar-refractivity contribution < 1.29 is 4.79 Å². The maximum atomic E-state index is 12.1. The molecule has 0 radical (unpaired) electrons. The molecule has 1 rings (SSSR count). The van der Waals surface area contributed by atoms with E-state index in [1.807, 2.05) is 0 Å². The summed E-state index contributed by atoms with van der Waals surface area (Å²) in [4.78, 5) is 12.1. The predicted molar refractivity (Wildman–Crippen MR) is 68.4 cm³/mol. The highest BCUT2D eigenvalue weighted by molar-refractivity contribution is 5.81. The number of carbonyl (C=O) groups is 1. The van der Waals surface area contributed by atoms with E-state index in [-0.39, 0.29) is 0 Å². The average molecular weight is 225 g/mol. The van der Waals surface area contributed by atoms with Crippen molar-refractivity contribution >= 4 is 5.78 Å². The Morgan fingerprint density at radius 3 is 2.31 bits per heavy atom. The third-order valence-electron chi connectivity index (χ3n) is 3.69. The molecular weight excluding hydrogens is 198 g/mol. The quantitative estimate of drug-likeness (QED) is 0.779. The lowest BCUT2D eigenvalue weighted by molar-refractivity contribution is -0.125. The first kappa shape index (κ1) is 13.7. The summed E-state index contributed by atoms with van der Waals surface area (Å²) in [7, 11) is 0. The van der Waals surface area contributed by atoms with Crippen LogP contribution in [0.2, 0.25) is 0 Å². The molecule has 1 N–H and O–H groups in total. The van der Waals surface area contributed by atoms with Crippen LogP contribution in [0.3, 0.4) is 0 Å². The molecule has 0 saturated heterocycles. The van der Waals surface area contributed by atoms with Gasteiger partial charge in [-0.3, -0.25) is 4.79 Å². The van der Waals surface area contributed by atoms with E-state index in [0.29, 0.717) is 24.2 Å². The first-order valence-electron chi connectivity index (χ1n) is 6.79. The first-order valence-corrected chi connectivity index (χ1v) is 6.79. The second kappa shape index (κ2) is 6.39. The first-order chi connectivity index (χ1) is 7.52. The Morgan fingerprint density at radius 2 is 1.81 bits per heavy atom. The second-order valence-corrected chi connectivity index (χ2v) is 5.74. The molecule has 0 spiro atoms. The minimum Gasteiger partial charge on any atom is -0.314 e. The summed E-state index contributed by atoms with van der Waals surface area (Å²) in [6.07, 6.45) is 4.23. The predicted octanol–water partition coefficient (Wildman–Crippen LogP) is 3.02. The van der Waals surface area contributed by atoms with Crippen molar-refractivity contribution in [1.82, 2.24) is 5.32 Å². The second-order valence-electron chi connectivity index (χ2n) is 5.74. The van der Waals surface area contributed by atoms with Gasteiger partial charge in [0, 0.05) is 18.4 Å². The molecular formula is C14H27NO. The third kappa shape index (κ3) is 4.25. The lowest BCUT2D eigenvalue weighted by Gasteiger charge is -2.31. The van der Waals surface area contributed by atoms with Crippen molar-refractivity contribution in [2.45, 2.75) is 59.4 Å². The lowest BCUT2D eigenvalue weighted by atomic mass is 9.74. The Morgan fingerprint density at radius 1 is 1.25 bits per heavy atom. The Kier molecular flexibility index (Phi) is 5.47. The highest BCUT2D eigenvalue weighted by Crippen LogP contribution is 2.33. The molecule has 94 valence electrons. The molecule has 0 aliphatic heterocycles. The molecule has 0 amide bonds. The zero-order chi connectivity index (χ0) is 12.1. The average Bonchev–Trinajstić information content (AvgIpc) is 2.16. The van der Waals surface area contributed by atoms with Crippen molar-refractivity contribution in [2.75, 3.05) is 6.54 Å². The van der Waals surface area contributed by atoms with Crippen LogP contribution in [-0.4, -0.2) is 18.4 Å². The Hall–Kier alpha value is -0.370. The van der Waals surface area contributed by atoms with Gasteiger partial charge in [-0.05, 0) is 44.6 Å². The fourth-order valence-electron chi connectivity index (χ4n) is 3.10. The SMILES string of the molecule is CCNC(C)CC(=O)C1CC(C)CC(C)C1. The van der Waals surface area contributed by atoms with Gasteiger partial charge in [-0.25, -0.2) is 0 Å². The van der Waals surface area contributed by atoms with Crippen LogP contribution < -0.4 is 5.32 Å². The van der Waals surface area contributed by atoms with Crippen LogP contribution in [0.25, 0.3) is 0 Å². The van der Waals surface area contributed by atoms with Gasteiger partial charge in [0.1, 0.15) is 5.78 Å². The number of Topliss-reactive ketones (excluding diaryl/α,β-unsaturated/α-hetero) is 1. The molecule has 2 heteroatoms. The van der Waals surface area contributed by atoms with Crippen LogP contribution in [0.4, 0.5) is 0 Å². The summed E-state index contributed by atoms with van der Waals surface area (Å²) in [5.74, 6) is 2.27. The fourth-order valence-corrected chi connectivity index (χ4v) is 3.10. The molecule has 3 atom stereocenters. The Bertz CT molecular complexity index is 217. The maximum absolute atomic E-state index is 12.1. The van der Waals surface area contributed by atoms with Gasteiger partial charge in [-0.15, -0.1) is 0 Å². The van der Waals surface area contributed by atoms with Crippen LogP contribution >= 0.6 is 0 Å². The summed E-state index contributed by atoms with van der Waals surface area (Å²) in [5.41, 5.74) is 0. The molecule has 0 aromatic rings. The molecule has 0 heterocycles. The van der Waals surface area contributed by atoms with E-state index in [1.54, 1.807) is 0 Å². The van der Waals surface area contributed by atoms with Crippen molar-refractivity contribution in [3.63, 3.8) is 0 Å². The number of carbonyl (C=O) groups excluding carboxylic acids is 1. The van der Waals surface area contributed by atoms with Gasteiger partial charge in [-0.2, -0.15) is 0 Å². The molecule has 1 saturated carbocycles. The maximum Gasteiger partial charge on any atom is 0.137 e. The minimum atomic E-state index is 0.333. The largest absolute Gasteiger partial charge is 0.314 e. The fraction of sp³-hybridized carbons (Fsp3) is 0.929. The lowest BCUT2D eigenvalue weighted by Crippen LogP contribution is -2.33. The summed E-state index contributed by atoms with van der Waals surface area (Å²) in [6, 6.07) is 0.338. The van der Waals surface area contributed by atoms with Gasteiger partial charge in [0.2, 0.25) is 0 Å². The van der Waals surface area contributed by atoms with Gasteiger partial charge in [-0.1, -0.05) is 20.8 Å². The van der Waals surface area contributed by atoms with Crippen LogP contribution in [0.15, 0.2) is 0 Å². The zero-order valence-corrected chi connectivity index (χ0v) is 11.3. The van der Waals surface area contributed by atoms with E-state index in [1.165, 1.54) is 6.42 Å². The summed E-state index contributed by atoms with van der Waals surface area (Å²) >= 11 is 0. The van der Waals surface area contributed by atoms with E-state index >= 15 is 0 Å². The van der Waals surface area contributed by atoms with Gasteiger partial charge < -0.3 is 5.32 Å². The Labute approximate surface area is 100 Å². The molecule has 0 aromatic heterocycles. The van der Waals surface area contributed by atoms with Crippen LogP contribution in [0.1, 0.15) is 53.4 Å². The Balaban J connectivity index is 2.40. The van der Waals surface area contributed by atoms with Crippen molar-refractivity contribution in [2.24, 2.45) is 17.8 Å². The summed E-state index contributed by atoms with van der Waals surface area (Å²) in [6.45, 7) is 9.71. The third-order valence-corrected chi connectivity index (χ3v) is 3.69. The van der Waals surface area contributed by atoms with Gasteiger partial charge in [0.15, 0.2) is 0 Å². The molecule has 0 bridgehead atoms. The molecule has 1 fully saturated rings. The highest BCUT2D eigenvalue weighted by atomic mass is 16.1. The summed E-state index contributed by atoms with van der Waals surface area (Å²) < 4.78 is 0. The van der Waals surface area contributed by atoms with Crippen LogP contribution in [-0.2, 0) is 4.79 Å². The highest BCUT2D eigenvalue weighted by Gasteiger charge is 2.29. The number of nitrogens with one attached hydrogen (secondary N) is 1. The molecule has 0 aromatic carbocycles. The van der Waals surface area contributed by atoms with Crippen molar-refractivity contribution in [1.29, 1.82) is 0 Å². The van der Waals surface area contributed by atoms with Gasteiger partial charge in [0.05, 0.1) is 0 Å². The molecule has 16 heavy (non-hydrogen) atoms. The monoisotopic (exact) mass is 225 g/mol. The zero-order valence-electron chi connectivity index (χ0n) is 11.3. The minimum absolute atomic E-state index is 0.333. The topological polar surface area (TPSA) is 29.1 Å². The normalized spacial score (nSPS) is 32.4. The smallest absolute Gasteiger partial charge is 0.137 e. The molecule has 1 aliphatic rings. The van der Waals surface area contributed by atoms with E-state index < -0.39 is 0 Å². The van der Waals surface area contributed by atoms with Crippen molar-refractivity contribution in [3.8, 4) is 0 Å². The van der Waals surface area contributed by atoms with E-state index in [0.717, 1.165) is 31.2 Å². The molecule has 3 unspecified atom stereocenters. The molecule has 1 aliphatic carbocycles. The number of ketones is 1. The molecule has 2 nitrogen and oxygen atoms in total. The number of hydrogen-bond acceptors (Lipinski definition) is 2. The van der Waals surface area contributed by atoms with E-state index in [4.69, 9.17) is 0 Å². The summed E-state index contributed by atoms with van der Waals surface area (Å²) in [5, 5.41) is 3.32. The standard InChI is InChI=1S/C14H27NO/c1-5-15-12(4)9-14(16)13-7-10(2)6-11(3)8-13/h10-13,15H,5-9H2,1-4H3. The van der Waals surface area contributed by atoms with Gasteiger partial charge in [0.25, 0.3) is 0 Å². The van der Waals surface area contributed by atoms with E-state index in [2.05, 4.69) is 33.0 Å².